The molecule has 0 saturated heterocycles. The predicted molar refractivity (Wildman–Crippen MR) is 81.8 cm³/mol. The number of H-pyrrole nitrogens is 1. The molecule has 1 aliphatic heterocycles. The van der Waals surface area contributed by atoms with E-state index in [4.69, 9.17) is 0 Å². The number of hydrogen-bond acceptors (Lipinski definition) is 4. The molecule has 1 amide bonds. The summed E-state index contributed by atoms with van der Waals surface area (Å²) in [5.41, 5.74) is 2.86. The first-order valence-electron chi connectivity index (χ1n) is 6.74. The third-order valence-electron chi connectivity index (χ3n) is 3.71. The summed E-state index contributed by atoms with van der Waals surface area (Å²) < 4.78 is 24.5. The molecule has 0 spiro atoms. The minimum absolute atomic E-state index is 0.216. The average molecular weight is 320 g/mol. The highest BCUT2D eigenvalue weighted by Gasteiger charge is 2.30. The van der Waals surface area contributed by atoms with E-state index in [9.17, 15) is 13.2 Å². The number of nitrogens with zero attached hydrogens (tertiary/aromatic N) is 2. The molecule has 2 heterocycles. The number of sulfonamides is 1. The Morgan fingerprint density at radius 2 is 2.05 bits per heavy atom. The zero-order valence-corrected chi connectivity index (χ0v) is 13.1. The van der Waals surface area contributed by atoms with Gasteiger partial charge < -0.3 is 5.32 Å². The molecule has 2 N–H and O–H groups in total. The number of amides is 1. The van der Waals surface area contributed by atoms with Crippen LogP contribution in [0, 0.1) is 6.92 Å². The lowest BCUT2D eigenvalue weighted by Gasteiger charge is -2.12. The maximum atomic E-state index is 12.3. The van der Waals surface area contributed by atoms with Crippen molar-refractivity contribution in [2.45, 2.75) is 20.0 Å². The average Bonchev–Trinajstić information content (AvgIpc) is 3.01. The number of hydrogen-bond donors (Lipinski definition) is 2. The number of aryl methyl sites for hydroxylation is 1. The molecule has 2 aromatic rings. The Balaban J connectivity index is 1.82. The Labute approximate surface area is 128 Å². The van der Waals surface area contributed by atoms with Crippen LogP contribution in [-0.4, -0.2) is 35.1 Å². The van der Waals surface area contributed by atoms with Crippen LogP contribution in [0.25, 0.3) is 0 Å². The topological polar surface area (TPSA) is 95.2 Å². The van der Waals surface area contributed by atoms with Crippen LogP contribution in [-0.2, 0) is 23.1 Å². The number of carbonyl (C=O) groups is 1. The zero-order valence-electron chi connectivity index (χ0n) is 12.3. The Morgan fingerprint density at radius 1 is 1.32 bits per heavy atom. The molecule has 3 rings (SSSR count). The van der Waals surface area contributed by atoms with Gasteiger partial charge in [-0.25, -0.2) is 8.42 Å². The van der Waals surface area contributed by atoms with Crippen molar-refractivity contribution in [3.8, 4) is 0 Å². The monoisotopic (exact) mass is 320 g/mol. The van der Waals surface area contributed by atoms with Gasteiger partial charge in [0, 0.05) is 17.7 Å². The molecule has 0 saturated carbocycles. The van der Waals surface area contributed by atoms with E-state index in [1.165, 1.54) is 4.31 Å². The summed E-state index contributed by atoms with van der Waals surface area (Å²) in [5.74, 6) is 0.125. The number of fused-ring (bicyclic) bond motifs is 1. The molecule has 0 radical (unpaired) electrons. The van der Waals surface area contributed by atoms with Gasteiger partial charge in [-0.2, -0.15) is 9.40 Å². The van der Waals surface area contributed by atoms with E-state index in [-0.39, 0.29) is 19.0 Å². The lowest BCUT2D eigenvalue weighted by atomic mass is 10.1. The quantitative estimate of drug-likeness (QED) is 0.889. The van der Waals surface area contributed by atoms with E-state index in [0.717, 1.165) is 11.8 Å². The van der Waals surface area contributed by atoms with Crippen LogP contribution in [0.5, 0.6) is 0 Å². The van der Waals surface area contributed by atoms with Gasteiger partial charge >= 0.3 is 0 Å². The van der Waals surface area contributed by atoms with Gasteiger partial charge in [-0.1, -0.05) is 18.2 Å². The van der Waals surface area contributed by atoms with E-state index in [1.807, 2.05) is 19.1 Å². The molecule has 116 valence electrons. The van der Waals surface area contributed by atoms with Crippen molar-refractivity contribution < 1.29 is 13.2 Å². The van der Waals surface area contributed by atoms with Crippen LogP contribution in [0.3, 0.4) is 0 Å². The summed E-state index contributed by atoms with van der Waals surface area (Å²) in [7, 11) is -3.27. The van der Waals surface area contributed by atoms with Crippen molar-refractivity contribution in [2.24, 2.45) is 0 Å². The molecule has 0 unspecified atom stereocenters. The van der Waals surface area contributed by atoms with Crippen molar-refractivity contribution in [1.29, 1.82) is 0 Å². The highest BCUT2D eigenvalue weighted by molar-refractivity contribution is 7.88. The van der Waals surface area contributed by atoms with Gasteiger partial charge in [-0.3, -0.25) is 9.89 Å². The van der Waals surface area contributed by atoms with Crippen LogP contribution in [0.2, 0.25) is 0 Å². The number of benzene rings is 1. The number of rotatable bonds is 3. The number of carbonyl (C=O) groups excluding carboxylic acids is 1. The van der Waals surface area contributed by atoms with Crippen molar-refractivity contribution in [1.82, 2.24) is 14.5 Å². The lowest BCUT2D eigenvalue weighted by molar-refractivity contribution is 0.102. The molecular formula is C14H16N4O3S. The van der Waals surface area contributed by atoms with Gasteiger partial charge in [0.2, 0.25) is 10.0 Å². The van der Waals surface area contributed by atoms with E-state index in [0.29, 0.717) is 22.6 Å². The van der Waals surface area contributed by atoms with Crippen LogP contribution >= 0.6 is 0 Å². The van der Waals surface area contributed by atoms with Gasteiger partial charge in [0.05, 0.1) is 18.5 Å². The minimum Gasteiger partial charge on any atom is -0.305 e. The maximum absolute atomic E-state index is 12.3. The zero-order chi connectivity index (χ0) is 15.9. The molecule has 1 aromatic heterocycles. The fourth-order valence-electron chi connectivity index (χ4n) is 2.45. The lowest BCUT2D eigenvalue weighted by Crippen LogP contribution is -2.24. The summed E-state index contributed by atoms with van der Waals surface area (Å²) in [6.45, 7) is 2.32. The summed E-state index contributed by atoms with van der Waals surface area (Å²) in [6, 6.07) is 7.25. The highest BCUT2D eigenvalue weighted by Crippen LogP contribution is 2.28. The third kappa shape index (κ3) is 2.62. The Morgan fingerprint density at radius 3 is 2.73 bits per heavy atom. The molecule has 0 atom stereocenters. The van der Waals surface area contributed by atoms with Crippen LogP contribution < -0.4 is 5.32 Å². The second-order valence-electron chi connectivity index (χ2n) is 5.33. The fraction of sp³-hybridized carbons (Fsp3) is 0.286. The first-order valence-corrected chi connectivity index (χ1v) is 8.59. The van der Waals surface area contributed by atoms with Crippen molar-refractivity contribution in [3.63, 3.8) is 0 Å². The minimum atomic E-state index is -3.27. The summed E-state index contributed by atoms with van der Waals surface area (Å²) >= 11 is 0. The first kappa shape index (κ1) is 14.7. The van der Waals surface area contributed by atoms with Gasteiger partial charge in [0.1, 0.15) is 0 Å². The number of aromatic amines is 1. The van der Waals surface area contributed by atoms with Gasteiger partial charge in [0.25, 0.3) is 5.91 Å². The Kier molecular flexibility index (Phi) is 3.50. The molecule has 0 bridgehead atoms. The summed E-state index contributed by atoms with van der Waals surface area (Å²) in [4.78, 5) is 12.3. The smallest absolute Gasteiger partial charge is 0.257 e. The predicted octanol–water partition coefficient (Wildman–Crippen LogP) is 1.25. The second-order valence-corrected chi connectivity index (χ2v) is 7.31. The van der Waals surface area contributed by atoms with Crippen molar-refractivity contribution >= 4 is 21.7 Å². The molecule has 8 heteroatoms. The number of nitrogens with one attached hydrogen (secondary N) is 2. The van der Waals surface area contributed by atoms with Crippen LogP contribution in [0.4, 0.5) is 5.82 Å². The molecular weight excluding hydrogens is 304 g/mol. The Hall–Kier alpha value is -2.19. The van der Waals surface area contributed by atoms with Crippen LogP contribution in [0.1, 0.15) is 27.2 Å². The molecule has 22 heavy (non-hydrogen) atoms. The standard InChI is InChI=1S/C14H16N4O3S/c1-9-5-3-4-6-10(9)14(19)15-13-11-7-18(22(2,20)21)8-12(11)16-17-13/h3-6H,7-8H2,1-2H3,(H2,15,16,17,19). The van der Waals surface area contributed by atoms with E-state index < -0.39 is 10.0 Å². The van der Waals surface area contributed by atoms with Gasteiger partial charge in [0.15, 0.2) is 5.82 Å². The first-order chi connectivity index (χ1) is 10.4. The largest absolute Gasteiger partial charge is 0.305 e. The fourth-order valence-corrected chi connectivity index (χ4v) is 3.18. The third-order valence-corrected chi connectivity index (χ3v) is 4.91. The highest BCUT2D eigenvalue weighted by atomic mass is 32.2. The van der Waals surface area contributed by atoms with Gasteiger partial charge in [-0.05, 0) is 18.6 Å². The molecule has 7 nitrogen and oxygen atoms in total. The number of anilines is 1. The van der Waals surface area contributed by atoms with E-state index in [2.05, 4.69) is 15.5 Å². The van der Waals surface area contributed by atoms with Gasteiger partial charge in [-0.15, -0.1) is 0 Å². The van der Waals surface area contributed by atoms with E-state index in [1.54, 1.807) is 12.1 Å². The van der Waals surface area contributed by atoms with Crippen molar-refractivity contribution in [2.75, 3.05) is 11.6 Å². The summed E-state index contributed by atoms with van der Waals surface area (Å²) in [6.07, 6.45) is 1.16. The molecule has 1 aliphatic rings. The number of aromatic nitrogens is 2. The second kappa shape index (κ2) is 5.22. The van der Waals surface area contributed by atoms with Crippen molar-refractivity contribution in [3.05, 3.63) is 46.6 Å². The maximum Gasteiger partial charge on any atom is 0.257 e. The summed E-state index contributed by atoms with van der Waals surface area (Å²) in [5, 5.41) is 9.61. The molecule has 0 aliphatic carbocycles. The molecule has 1 aromatic carbocycles. The van der Waals surface area contributed by atoms with E-state index >= 15 is 0 Å². The Bertz CT molecular complexity index is 842. The molecule has 0 fully saturated rings. The normalized spacial score (nSPS) is 14.8. The SMILES string of the molecule is Cc1ccccc1C(=O)Nc1n[nH]c2c1CN(S(C)(=O)=O)C2. The van der Waals surface area contributed by atoms with Crippen LogP contribution in [0.15, 0.2) is 24.3 Å².